The minimum absolute atomic E-state index is 0.353. The van der Waals surface area contributed by atoms with Crippen LogP contribution in [-0.2, 0) is 7.05 Å². The molecule has 102 valence electrons. The first kappa shape index (κ1) is 12.4. The van der Waals surface area contributed by atoms with E-state index in [0.717, 1.165) is 5.56 Å². The van der Waals surface area contributed by atoms with Gasteiger partial charge in [0.05, 0.1) is 0 Å². The van der Waals surface area contributed by atoms with Crippen molar-refractivity contribution in [3.05, 3.63) is 41.7 Å². The zero-order valence-electron chi connectivity index (χ0n) is 11.1. The number of nitrogens with zero attached hydrogens (tertiary/aromatic N) is 3. The number of rotatable bonds is 2. The number of aromatic nitrogens is 3. The lowest BCUT2D eigenvalue weighted by molar-refractivity contribution is 0.474. The van der Waals surface area contributed by atoms with Gasteiger partial charge in [-0.05, 0) is 30.7 Å². The van der Waals surface area contributed by atoms with Crippen molar-refractivity contribution in [3.8, 4) is 11.5 Å². The van der Waals surface area contributed by atoms with Gasteiger partial charge in [-0.25, -0.2) is 9.07 Å². The third-order valence-corrected chi connectivity index (χ3v) is 3.05. The molecule has 1 heterocycles. The van der Waals surface area contributed by atoms with Crippen LogP contribution < -0.4 is 10.5 Å². The summed E-state index contributed by atoms with van der Waals surface area (Å²) in [5, 5.41) is 7.68. The average molecular weight is 272 g/mol. The van der Waals surface area contributed by atoms with Crippen LogP contribution >= 0.6 is 0 Å². The Labute approximate surface area is 114 Å². The molecule has 0 bridgehead atoms. The highest BCUT2D eigenvalue weighted by molar-refractivity contribution is 5.76. The molecule has 2 aromatic carbocycles. The van der Waals surface area contributed by atoms with Crippen LogP contribution in [0.25, 0.3) is 11.0 Å². The number of ether oxygens (including phenoxy) is 1. The molecule has 6 heteroatoms. The van der Waals surface area contributed by atoms with E-state index in [-0.39, 0.29) is 0 Å². The van der Waals surface area contributed by atoms with Gasteiger partial charge in [0.15, 0.2) is 5.82 Å². The molecule has 5 nitrogen and oxygen atoms in total. The van der Waals surface area contributed by atoms with Crippen LogP contribution in [0.2, 0.25) is 0 Å². The maximum absolute atomic E-state index is 14.0. The monoisotopic (exact) mass is 272 g/mol. The van der Waals surface area contributed by atoms with Gasteiger partial charge >= 0.3 is 0 Å². The van der Waals surface area contributed by atoms with Gasteiger partial charge in [0, 0.05) is 24.9 Å². The number of hydrogen-bond acceptors (Lipinski definition) is 4. The van der Waals surface area contributed by atoms with Crippen LogP contribution in [0.5, 0.6) is 11.5 Å². The fourth-order valence-corrected chi connectivity index (χ4v) is 2.09. The van der Waals surface area contributed by atoms with Crippen molar-refractivity contribution < 1.29 is 9.13 Å². The molecule has 2 N–H and O–H groups in total. The predicted octanol–water partition coefficient (Wildman–Crippen LogP) is 2.79. The molecule has 0 unspecified atom stereocenters. The van der Waals surface area contributed by atoms with E-state index in [1.54, 1.807) is 31.3 Å². The number of benzene rings is 2. The average Bonchev–Trinajstić information content (AvgIpc) is 2.75. The van der Waals surface area contributed by atoms with Gasteiger partial charge in [-0.1, -0.05) is 5.21 Å². The SMILES string of the molecule is Cc1cc(N)ccc1Oc1cc(F)c2c(c1)nnn2C. The van der Waals surface area contributed by atoms with Crippen molar-refractivity contribution in [1.29, 1.82) is 0 Å². The lowest BCUT2D eigenvalue weighted by atomic mass is 10.2. The second kappa shape index (κ2) is 4.48. The summed E-state index contributed by atoms with van der Waals surface area (Å²) >= 11 is 0. The van der Waals surface area contributed by atoms with E-state index in [9.17, 15) is 4.39 Å². The quantitative estimate of drug-likeness (QED) is 0.728. The molecule has 0 aliphatic carbocycles. The lowest BCUT2D eigenvalue weighted by Crippen LogP contribution is -1.94. The number of nitrogens with two attached hydrogens (primary N) is 1. The van der Waals surface area contributed by atoms with Crippen molar-refractivity contribution in [1.82, 2.24) is 15.0 Å². The first-order valence-corrected chi connectivity index (χ1v) is 6.07. The Hall–Kier alpha value is -2.63. The molecule has 1 aromatic heterocycles. The van der Waals surface area contributed by atoms with Crippen LogP contribution in [0.1, 0.15) is 5.56 Å². The Bertz CT molecular complexity index is 797. The third-order valence-electron chi connectivity index (χ3n) is 3.05. The summed E-state index contributed by atoms with van der Waals surface area (Å²) in [4.78, 5) is 0. The van der Waals surface area contributed by atoms with Gasteiger partial charge in [0.25, 0.3) is 0 Å². The second-order valence-corrected chi connectivity index (χ2v) is 4.61. The van der Waals surface area contributed by atoms with Crippen molar-refractivity contribution in [2.75, 3.05) is 5.73 Å². The summed E-state index contributed by atoms with van der Waals surface area (Å²) < 4.78 is 21.1. The number of aryl methyl sites for hydroxylation is 2. The molecule has 0 radical (unpaired) electrons. The molecule has 0 amide bonds. The lowest BCUT2D eigenvalue weighted by Gasteiger charge is -2.09. The van der Waals surface area contributed by atoms with Crippen molar-refractivity contribution in [3.63, 3.8) is 0 Å². The maximum atomic E-state index is 14.0. The molecule has 0 aliphatic rings. The Morgan fingerprint density at radius 1 is 1.25 bits per heavy atom. The largest absolute Gasteiger partial charge is 0.457 e. The molecule has 3 rings (SSSR count). The second-order valence-electron chi connectivity index (χ2n) is 4.61. The molecule has 0 spiro atoms. The summed E-state index contributed by atoms with van der Waals surface area (Å²) in [6.07, 6.45) is 0. The van der Waals surface area contributed by atoms with E-state index >= 15 is 0 Å². The fourth-order valence-electron chi connectivity index (χ4n) is 2.09. The maximum Gasteiger partial charge on any atom is 0.154 e. The highest BCUT2D eigenvalue weighted by atomic mass is 19.1. The highest BCUT2D eigenvalue weighted by Crippen LogP contribution is 2.29. The highest BCUT2D eigenvalue weighted by Gasteiger charge is 2.11. The summed E-state index contributed by atoms with van der Waals surface area (Å²) in [6, 6.07) is 8.26. The van der Waals surface area contributed by atoms with Crippen LogP contribution in [0.3, 0.4) is 0 Å². The zero-order valence-corrected chi connectivity index (χ0v) is 11.1. The minimum atomic E-state index is -0.418. The Balaban J connectivity index is 2.02. The Morgan fingerprint density at radius 2 is 2.05 bits per heavy atom. The smallest absolute Gasteiger partial charge is 0.154 e. The normalized spacial score (nSPS) is 10.9. The summed E-state index contributed by atoms with van der Waals surface area (Å²) in [7, 11) is 1.64. The topological polar surface area (TPSA) is 66.0 Å². The summed E-state index contributed by atoms with van der Waals surface area (Å²) in [6.45, 7) is 1.88. The van der Waals surface area contributed by atoms with E-state index in [1.165, 1.54) is 10.7 Å². The molecular formula is C14H13FN4O. The number of anilines is 1. The van der Waals surface area contributed by atoms with E-state index in [0.29, 0.717) is 28.2 Å². The molecule has 3 aromatic rings. The first-order chi connectivity index (χ1) is 9.54. The first-order valence-electron chi connectivity index (χ1n) is 6.07. The molecule has 0 saturated heterocycles. The van der Waals surface area contributed by atoms with Crippen molar-refractivity contribution in [2.24, 2.45) is 7.05 Å². The molecule has 0 saturated carbocycles. The summed E-state index contributed by atoms with van der Waals surface area (Å²) in [5.74, 6) is 0.586. The van der Waals surface area contributed by atoms with Gasteiger partial charge in [0.2, 0.25) is 0 Å². The standard InChI is InChI=1S/C14H13FN4O/c1-8-5-9(16)3-4-13(8)20-10-6-11(15)14-12(7-10)17-18-19(14)2/h3-7H,16H2,1-2H3. The van der Waals surface area contributed by atoms with Crippen molar-refractivity contribution in [2.45, 2.75) is 6.92 Å². The summed E-state index contributed by atoms with van der Waals surface area (Å²) in [5.41, 5.74) is 8.03. The van der Waals surface area contributed by atoms with Crippen LogP contribution in [0, 0.1) is 12.7 Å². The van der Waals surface area contributed by atoms with Gasteiger partial charge in [-0.15, -0.1) is 5.10 Å². The Morgan fingerprint density at radius 3 is 2.80 bits per heavy atom. The van der Waals surface area contributed by atoms with Gasteiger partial charge in [-0.2, -0.15) is 0 Å². The van der Waals surface area contributed by atoms with Gasteiger partial charge < -0.3 is 10.5 Å². The molecule has 20 heavy (non-hydrogen) atoms. The van der Waals surface area contributed by atoms with E-state index in [4.69, 9.17) is 10.5 Å². The molecule has 0 fully saturated rings. The van der Waals surface area contributed by atoms with Gasteiger partial charge in [-0.3, -0.25) is 0 Å². The van der Waals surface area contributed by atoms with E-state index in [1.807, 2.05) is 6.92 Å². The number of nitrogen functional groups attached to an aromatic ring is 1. The van der Waals surface area contributed by atoms with Crippen LogP contribution in [0.4, 0.5) is 10.1 Å². The molecular weight excluding hydrogens is 259 g/mol. The number of halogens is 1. The predicted molar refractivity (Wildman–Crippen MR) is 74.1 cm³/mol. The number of hydrogen-bond donors (Lipinski definition) is 1. The third kappa shape index (κ3) is 2.05. The number of fused-ring (bicyclic) bond motifs is 1. The van der Waals surface area contributed by atoms with E-state index < -0.39 is 5.82 Å². The van der Waals surface area contributed by atoms with Gasteiger partial charge in [0.1, 0.15) is 22.5 Å². The Kier molecular flexibility index (Phi) is 2.78. The fraction of sp³-hybridized carbons (Fsp3) is 0.143. The van der Waals surface area contributed by atoms with Crippen LogP contribution in [-0.4, -0.2) is 15.0 Å². The molecule has 0 atom stereocenters. The minimum Gasteiger partial charge on any atom is -0.457 e. The van der Waals surface area contributed by atoms with Crippen LogP contribution in [0.15, 0.2) is 30.3 Å². The van der Waals surface area contributed by atoms with Crippen molar-refractivity contribution >= 4 is 16.7 Å². The molecule has 0 aliphatic heterocycles. The van der Waals surface area contributed by atoms with E-state index in [2.05, 4.69) is 10.3 Å². The zero-order chi connectivity index (χ0) is 14.3.